The Bertz CT molecular complexity index is 1160. The summed E-state index contributed by atoms with van der Waals surface area (Å²) in [6, 6.07) is 17.3. The Kier molecular flexibility index (Phi) is 6.80. The lowest BCUT2D eigenvalue weighted by atomic mass is 9.81. The van der Waals surface area contributed by atoms with Crippen LogP contribution in [-0.4, -0.2) is 24.4 Å². The van der Waals surface area contributed by atoms with E-state index in [1.165, 1.54) is 33.9 Å². The molecule has 0 unspecified atom stereocenters. The topological polar surface area (TPSA) is 6.25 Å². The molecule has 0 fully saturated rings. The lowest BCUT2D eigenvalue weighted by molar-refractivity contribution is -0.401. The van der Waals surface area contributed by atoms with Crippen molar-refractivity contribution in [3.05, 3.63) is 108 Å². The number of nitrogens with zero attached hydrogens (tertiary/aromatic N) is 2. The normalized spacial score (nSPS) is 19.9. The Hall–Kier alpha value is -2.65. The molecule has 0 spiro atoms. The van der Waals surface area contributed by atoms with Crippen molar-refractivity contribution < 1.29 is 21.6 Å². The molecule has 4 rings (SSSR count). The van der Waals surface area contributed by atoms with Gasteiger partial charge in [-0.1, -0.05) is 80.6 Å². The highest BCUT2D eigenvalue weighted by atomic mass is 79.9. The number of allylic oxidation sites excluding steroid dienone is 8. The van der Waals surface area contributed by atoms with Crippen LogP contribution in [0.2, 0.25) is 0 Å². The maximum atomic E-state index is 2.30. The fraction of sp³-hybridized carbons (Fsp3) is 0.276. The molecule has 2 aliphatic heterocycles. The van der Waals surface area contributed by atoms with E-state index < -0.39 is 0 Å². The van der Waals surface area contributed by atoms with E-state index in [1.807, 2.05) is 0 Å². The van der Waals surface area contributed by atoms with Gasteiger partial charge in [0.15, 0.2) is 5.71 Å². The third-order valence-electron chi connectivity index (χ3n) is 6.83. The quantitative estimate of drug-likeness (QED) is 0.469. The number of benzene rings is 2. The summed E-state index contributed by atoms with van der Waals surface area (Å²) in [6.45, 7) is 9.18. The minimum atomic E-state index is 0. The molecule has 0 saturated heterocycles. The summed E-state index contributed by atoms with van der Waals surface area (Å²) < 4.78 is 2.30. The zero-order valence-corrected chi connectivity index (χ0v) is 21.5. The SMILES string of the molecule is CN1C(=CC=CC=CC=CC2=[N+](C)c3ccccc3C2(C)C)C(C)(C)c2ccccc21.[Br-]. The van der Waals surface area contributed by atoms with E-state index in [0.29, 0.717) is 0 Å². The summed E-state index contributed by atoms with van der Waals surface area (Å²) in [6.07, 6.45) is 15.0. The molecular weight excluding hydrogens is 456 g/mol. The largest absolute Gasteiger partial charge is 1.00 e. The number of likely N-dealkylation sites (N-methyl/N-ethyl adjacent to an activating group) is 1. The molecular formula is C29H33BrN2. The number of rotatable bonds is 4. The van der Waals surface area contributed by atoms with Gasteiger partial charge in [0.25, 0.3) is 0 Å². The van der Waals surface area contributed by atoms with Crippen molar-refractivity contribution >= 4 is 17.1 Å². The van der Waals surface area contributed by atoms with Gasteiger partial charge >= 0.3 is 0 Å². The molecule has 0 radical (unpaired) electrons. The number of hydrogen-bond donors (Lipinski definition) is 0. The van der Waals surface area contributed by atoms with Crippen LogP contribution >= 0.6 is 0 Å². The molecule has 2 heterocycles. The van der Waals surface area contributed by atoms with Crippen LogP contribution in [0.5, 0.6) is 0 Å². The monoisotopic (exact) mass is 488 g/mol. The minimum Gasteiger partial charge on any atom is -1.00 e. The van der Waals surface area contributed by atoms with Crippen molar-refractivity contribution in [2.45, 2.75) is 38.5 Å². The number of anilines is 1. The van der Waals surface area contributed by atoms with Crippen molar-refractivity contribution in [1.82, 2.24) is 0 Å². The van der Waals surface area contributed by atoms with Crippen molar-refractivity contribution in [3.8, 4) is 0 Å². The molecule has 0 amide bonds. The molecule has 0 aliphatic carbocycles. The second-order valence-corrected chi connectivity index (χ2v) is 9.47. The molecule has 2 nitrogen and oxygen atoms in total. The van der Waals surface area contributed by atoms with E-state index in [0.717, 1.165) is 0 Å². The summed E-state index contributed by atoms with van der Waals surface area (Å²) in [5.74, 6) is 0. The highest BCUT2D eigenvalue weighted by Gasteiger charge is 2.42. The second kappa shape index (κ2) is 9.07. The van der Waals surface area contributed by atoms with Gasteiger partial charge in [-0.05, 0) is 31.6 Å². The van der Waals surface area contributed by atoms with Crippen LogP contribution < -0.4 is 21.9 Å². The highest BCUT2D eigenvalue weighted by molar-refractivity contribution is 6.03. The zero-order valence-electron chi connectivity index (χ0n) is 19.9. The predicted octanol–water partition coefficient (Wildman–Crippen LogP) is 3.68. The molecule has 32 heavy (non-hydrogen) atoms. The third kappa shape index (κ3) is 3.95. The molecule has 0 atom stereocenters. The molecule has 0 aromatic heterocycles. The maximum Gasteiger partial charge on any atom is 0.209 e. The fourth-order valence-corrected chi connectivity index (χ4v) is 5.09. The summed E-state index contributed by atoms with van der Waals surface area (Å²) in [4.78, 5) is 2.30. The Morgan fingerprint density at radius 2 is 1.34 bits per heavy atom. The van der Waals surface area contributed by atoms with Gasteiger partial charge in [-0.25, -0.2) is 0 Å². The maximum absolute atomic E-state index is 2.30. The lowest BCUT2D eigenvalue weighted by Crippen LogP contribution is -3.00. The number of halogens is 1. The Labute approximate surface area is 203 Å². The summed E-state index contributed by atoms with van der Waals surface area (Å²) >= 11 is 0. The summed E-state index contributed by atoms with van der Waals surface area (Å²) in [5.41, 5.74) is 8.04. The molecule has 2 aromatic carbocycles. The van der Waals surface area contributed by atoms with E-state index in [2.05, 4.69) is 142 Å². The number of fused-ring (bicyclic) bond motifs is 2. The molecule has 0 bridgehead atoms. The first kappa shape index (κ1) is 24.0. The van der Waals surface area contributed by atoms with E-state index in [4.69, 9.17) is 0 Å². The molecule has 2 aliphatic rings. The summed E-state index contributed by atoms with van der Waals surface area (Å²) in [7, 11) is 4.31. The molecule has 3 heteroatoms. The van der Waals surface area contributed by atoms with Crippen molar-refractivity contribution in [2.75, 3.05) is 19.0 Å². The van der Waals surface area contributed by atoms with Crippen molar-refractivity contribution in [1.29, 1.82) is 0 Å². The van der Waals surface area contributed by atoms with Gasteiger partial charge in [-0.3, -0.25) is 0 Å². The van der Waals surface area contributed by atoms with Gasteiger partial charge in [-0.2, -0.15) is 4.58 Å². The highest BCUT2D eigenvalue weighted by Crippen LogP contribution is 2.46. The number of para-hydroxylation sites is 2. The van der Waals surface area contributed by atoms with Gasteiger partial charge in [0.1, 0.15) is 7.05 Å². The Morgan fingerprint density at radius 1 is 0.750 bits per heavy atom. The average Bonchev–Trinajstić information content (AvgIpc) is 3.07. The molecule has 166 valence electrons. The Balaban J connectivity index is 0.00000289. The van der Waals surface area contributed by atoms with Crippen LogP contribution in [0.3, 0.4) is 0 Å². The molecule has 0 N–H and O–H groups in total. The summed E-state index contributed by atoms with van der Waals surface area (Å²) in [5, 5.41) is 0. The van der Waals surface area contributed by atoms with Crippen molar-refractivity contribution in [2.24, 2.45) is 0 Å². The first-order valence-corrected chi connectivity index (χ1v) is 11.0. The second-order valence-electron chi connectivity index (χ2n) is 9.47. The van der Waals surface area contributed by atoms with Crippen LogP contribution in [-0.2, 0) is 10.8 Å². The first-order valence-electron chi connectivity index (χ1n) is 11.0. The van der Waals surface area contributed by atoms with E-state index in [1.54, 1.807) is 0 Å². The van der Waals surface area contributed by atoms with Crippen LogP contribution in [0.1, 0.15) is 38.8 Å². The predicted molar refractivity (Wildman–Crippen MR) is 134 cm³/mol. The standard InChI is InChI=1S/C29H33N2.BrH/c1-28(2)22-16-12-14-18-24(22)30(5)26(28)20-10-8-7-9-11-21-27-29(3,4)23-17-13-15-19-25(23)31(27)6;/h7-21H,1-6H3;1H/q+1;/p-1. The molecule has 0 saturated carbocycles. The van der Waals surface area contributed by atoms with E-state index >= 15 is 0 Å². The van der Waals surface area contributed by atoms with Crippen LogP contribution in [0, 0.1) is 0 Å². The van der Waals surface area contributed by atoms with Gasteiger partial charge in [0.05, 0.1) is 5.41 Å². The van der Waals surface area contributed by atoms with Gasteiger partial charge < -0.3 is 21.9 Å². The van der Waals surface area contributed by atoms with Crippen molar-refractivity contribution in [3.63, 3.8) is 0 Å². The van der Waals surface area contributed by atoms with E-state index in [-0.39, 0.29) is 27.8 Å². The zero-order chi connectivity index (χ0) is 22.2. The van der Waals surface area contributed by atoms with Crippen LogP contribution in [0.15, 0.2) is 96.8 Å². The average molecular weight is 490 g/mol. The first-order chi connectivity index (χ1) is 14.8. The van der Waals surface area contributed by atoms with E-state index in [9.17, 15) is 0 Å². The van der Waals surface area contributed by atoms with Gasteiger partial charge in [0, 0.05) is 41.6 Å². The van der Waals surface area contributed by atoms with Crippen LogP contribution in [0.4, 0.5) is 11.4 Å². The Morgan fingerprint density at radius 3 is 2.03 bits per heavy atom. The van der Waals surface area contributed by atoms with Gasteiger partial charge in [-0.15, -0.1) is 0 Å². The fourth-order valence-electron chi connectivity index (χ4n) is 5.09. The molecule has 2 aromatic rings. The number of hydrogen-bond acceptors (Lipinski definition) is 1. The smallest absolute Gasteiger partial charge is 0.209 e. The van der Waals surface area contributed by atoms with Gasteiger partial charge in [0.2, 0.25) is 5.69 Å². The minimum absolute atomic E-state index is 0. The lowest BCUT2D eigenvalue weighted by Gasteiger charge is -2.23. The van der Waals surface area contributed by atoms with Crippen LogP contribution in [0.25, 0.3) is 0 Å². The third-order valence-corrected chi connectivity index (χ3v) is 6.83.